The normalized spacial score (nSPS) is 19.4. The second-order valence-electron chi connectivity index (χ2n) is 5.97. The maximum Gasteiger partial charge on any atom is 0.246 e. The number of carbonyl (C=O) groups excluding carboxylic acids is 2. The molecule has 3 rings (SSSR count). The Hall–Kier alpha value is -2.17. The minimum atomic E-state index is 0.0117. The van der Waals surface area contributed by atoms with Crippen LogP contribution >= 0.6 is 0 Å². The third kappa shape index (κ3) is 3.93. The first-order chi connectivity index (χ1) is 10.7. The largest absolute Gasteiger partial charge is 0.353 e. The lowest BCUT2D eigenvalue weighted by Crippen LogP contribution is -2.46. The summed E-state index contributed by atoms with van der Waals surface area (Å²) in [6.45, 7) is 1.39. The summed E-state index contributed by atoms with van der Waals surface area (Å²) in [6, 6.07) is 5.83. The number of nitrogens with zero attached hydrogens (tertiary/aromatic N) is 2. The van der Waals surface area contributed by atoms with E-state index in [0.717, 1.165) is 31.4 Å². The van der Waals surface area contributed by atoms with Crippen molar-refractivity contribution >= 4 is 17.9 Å². The number of hydrogen-bond acceptors (Lipinski definition) is 3. The highest BCUT2D eigenvalue weighted by molar-refractivity contribution is 5.91. The SMILES string of the molecule is O=C(NC1CCN(C(=O)C=Cc2ccccn2)CC1)C1CC1. The number of hydrogen-bond donors (Lipinski definition) is 1. The minimum Gasteiger partial charge on any atom is -0.353 e. The molecule has 1 aliphatic heterocycles. The van der Waals surface area contributed by atoms with Crippen LogP contribution in [-0.2, 0) is 9.59 Å². The van der Waals surface area contributed by atoms with Gasteiger partial charge in [-0.3, -0.25) is 14.6 Å². The summed E-state index contributed by atoms with van der Waals surface area (Å²) in [5.41, 5.74) is 0.780. The molecule has 1 N–H and O–H groups in total. The lowest BCUT2D eigenvalue weighted by molar-refractivity contribution is -0.127. The average molecular weight is 299 g/mol. The van der Waals surface area contributed by atoms with Crippen LogP contribution < -0.4 is 5.32 Å². The summed E-state index contributed by atoms with van der Waals surface area (Å²) in [5.74, 6) is 0.457. The standard InChI is InChI=1S/C17H21N3O2/c21-16(7-6-14-3-1-2-10-18-14)20-11-8-15(9-12-20)19-17(22)13-4-5-13/h1-3,6-7,10,13,15H,4-5,8-9,11-12H2,(H,19,22). The fourth-order valence-electron chi connectivity index (χ4n) is 2.65. The molecule has 1 saturated heterocycles. The molecule has 22 heavy (non-hydrogen) atoms. The van der Waals surface area contributed by atoms with Crippen molar-refractivity contribution in [3.8, 4) is 0 Å². The van der Waals surface area contributed by atoms with E-state index in [1.807, 2.05) is 23.1 Å². The molecule has 1 aromatic heterocycles. The molecule has 2 fully saturated rings. The summed E-state index contributed by atoms with van der Waals surface area (Å²) in [6.07, 6.45) is 8.75. The van der Waals surface area contributed by atoms with Crippen LogP contribution in [0.15, 0.2) is 30.5 Å². The Kier molecular flexibility index (Phi) is 4.51. The van der Waals surface area contributed by atoms with Crippen LogP contribution in [0.5, 0.6) is 0 Å². The molecule has 5 nitrogen and oxygen atoms in total. The average Bonchev–Trinajstić information content (AvgIpc) is 3.39. The van der Waals surface area contributed by atoms with Gasteiger partial charge in [0.25, 0.3) is 0 Å². The fourth-order valence-corrected chi connectivity index (χ4v) is 2.65. The van der Waals surface area contributed by atoms with Crippen molar-refractivity contribution in [1.82, 2.24) is 15.2 Å². The molecule has 0 aromatic carbocycles. The van der Waals surface area contributed by atoms with Gasteiger partial charge in [0.1, 0.15) is 0 Å². The maximum atomic E-state index is 12.1. The van der Waals surface area contributed by atoms with Gasteiger partial charge in [0.2, 0.25) is 11.8 Å². The van der Waals surface area contributed by atoms with E-state index in [1.54, 1.807) is 18.3 Å². The number of rotatable bonds is 4. The number of piperidine rings is 1. The number of pyridine rings is 1. The quantitative estimate of drug-likeness (QED) is 0.859. The lowest BCUT2D eigenvalue weighted by atomic mass is 10.0. The Morgan fingerprint density at radius 3 is 2.59 bits per heavy atom. The summed E-state index contributed by atoms with van der Waals surface area (Å²) >= 11 is 0. The summed E-state index contributed by atoms with van der Waals surface area (Å²) in [7, 11) is 0. The van der Waals surface area contributed by atoms with E-state index in [4.69, 9.17) is 0 Å². The Balaban J connectivity index is 1.45. The number of likely N-dealkylation sites (tertiary alicyclic amines) is 1. The fraction of sp³-hybridized carbons (Fsp3) is 0.471. The van der Waals surface area contributed by atoms with Crippen molar-refractivity contribution in [2.75, 3.05) is 13.1 Å². The predicted octanol–water partition coefficient (Wildman–Crippen LogP) is 1.61. The molecule has 0 unspecified atom stereocenters. The Labute approximate surface area is 130 Å². The van der Waals surface area contributed by atoms with E-state index in [0.29, 0.717) is 13.1 Å². The van der Waals surface area contributed by atoms with Crippen LogP contribution in [0.3, 0.4) is 0 Å². The van der Waals surface area contributed by atoms with Gasteiger partial charge in [0.05, 0.1) is 5.69 Å². The van der Waals surface area contributed by atoms with Gasteiger partial charge in [-0.05, 0) is 43.9 Å². The first-order valence-corrected chi connectivity index (χ1v) is 7.91. The Morgan fingerprint density at radius 1 is 1.18 bits per heavy atom. The van der Waals surface area contributed by atoms with E-state index >= 15 is 0 Å². The molecule has 5 heteroatoms. The van der Waals surface area contributed by atoms with E-state index in [2.05, 4.69) is 10.3 Å². The maximum absolute atomic E-state index is 12.1. The van der Waals surface area contributed by atoms with Crippen molar-refractivity contribution < 1.29 is 9.59 Å². The van der Waals surface area contributed by atoms with Gasteiger partial charge in [-0.15, -0.1) is 0 Å². The van der Waals surface area contributed by atoms with E-state index in [-0.39, 0.29) is 23.8 Å². The molecule has 116 valence electrons. The minimum absolute atomic E-state index is 0.0117. The number of aromatic nitrogens is 1. The molecule has 0 radical (unpaired) electrons. The molecular formula is C17H21N3O2. The third-order valence-corrected chi connectivity index (χ3v) is 4.19. The number of carbonyl (C=O) groups is 2. The number of amides is 2. The molecule has 2 aliphatic rings. The first kappa shape index (κ1) is 14.8. The third-order valence-electron chi connectivity index (χ3n) is 4.19. The summed E-state index contributed by atoms with van der Waals surface area (Å²) in [5, 5.41) is 3.09. The molecule has 2 amide bonds. The van der Waals surface area contributed by atoms with Gasteiger partial charge in [0.15, 0.2) is 0 Å². The smallest absolute Gasteiger partial charge is 0.246 e. The molecule has 2 heterocycles. The van der Waals surface area contributed by atoms with Crippen molar-refractivity contribution in [2.24, 2.45) is 5.92 Å². The van der Waals surface area contributed by atoms with Crippen LogP contribution in [0.1, 0.15) is 31.4 Å². The summed E-state index contributed by atoms with van der Waals surface area (Å²) in [4.78, 5) is 29.9. The van der Waals surface area contributed by atoms with E-state index in [1.165, 1.54) is 0 Å². The Morgan fingerprint density at radius 2 is 1.95 bits per heavy atom. The van der Waals surface area contributed by atoms with Crippen molar-refractivity contribution in [1.29, 1.82) is 0 Å². The zero-order valence-electron chi connectivity index (χ0n) is 12.6. The number of nitrogens with one attached hydrogen (secondary N) is 1. The Bertz CT molecular complexity index is 559. The van der Waals surface area contributed by atoms with Crippen LogP contribution in [-0.4, -0.2) is 40.8 Å². The molecule has 0 spiro atoms. The van der Waals surface area contributed by atoms with Crippen LogP contribution in [0.4, 0.5) is 0 Å². The second kappa shape index (κ2) is 6.73. The highest BCUT2D eigenvalue weighted by atomic mass is 16.2. The molecule has 0 atom stereocenters. The van der Waals surface area contributed by atoms with Crippen molar-refractivity contribution in [2.45, 2.75) is 31.7 Å². The van der Waals surface area contributed by atoms with Crippen LogP contribution in [0.25, 0.3) is 6.08 Å². The van der Waals surface area contributed by atoms with Gasteiger partial charge in [-0.1, -0.05) is 6.07 Å². The zero-order chi connectivity index (χ0) is 15.4. The van der Waals surface area contributed by atoms with Crippen molar-refractivity contribution in [3.05, 3.63) is 36.2 Å². The van der Waals surface area contributed by atoms with Crippen LogP contribution in [0, 0.1) is 5.92 Å². The van der Waals surface area contributed by atoms with Crippen LogP contribution in [0.2, 0.25) is 0 Å². The van der Waals surface area contributed by atoms with Gasteiger partial charge in [-0.25, -0.2) is 0 Å². The second-order valence-corrected chi connectivity index (χ2v) is 5.97. The molecular weight excluding hydrogens is 278 g/mol. The van der Waals surface area contributed by atoms with Crippen molar-refractivity contribution in [3.63, 3.8) is 0 Å². The molecule has 0 bridgehead atoms. The van der Waals surface area contributed by atoms with Gasteiger partial charge < -0.3 is 10.2 Å². The molecule has 1 saturated carbocycles. The van der Waals surface area contributed by atoms with Gasteiger partial charge in [-0.2, -0.15) is 0 Å². The monoisotopic (exact) mass is 299 g/mol. The molecule has 1 aliphatic carbocycles. The predicted molar refractivity (Wildman–Crippen MR) is 83.7 cm³/mol. The highest BCUT2D eigenvalue weighted by Gasteiger charge is 2.32. The lowest BCUT2D eigenvalue weighted by Gasteiger charge is -2.31. The zero-order valence-corrected chi connectivity index (χ0v) is 12.6. The first-order valence-electron chi connectivity index (χ1n) is 7.91. The van der Waals surface area contributed by atoms with E-state index in [9.17, 15) is 9.59 Å². The summed E-state index contributed by atoms with van der Waals surface area (Å²) < 4.78 is 0. The topological polar surface area (TPSA) is 62.3 Å². The van der Waals surface area contributed by atoms with Gasteiger partial charge in [0, 0.05) is 37.3 Å². The van der Waals surface area contributed by atoms with E-state index < -0.39 is 0 Å². The highest BCUT2D eigenvalue weighted by Crippen LogP contribution is 2.29. The molecule has 1 aromatic rings. The van der Waals surface area contributed by atoms with Gasteiger partial charge >= 0.3 is 0 Å².